The summed E-state index contributed by atoms with van der Waals surface area (Å²) in [4.78, 5) is 5.64. The molecule has 0 bridgehead atoms. The minimum absolute atomic E-state index is 0.273. The lowest BCUT2D eigenvalue weighted by molar-refractivity contribution is 0.386. The summed E-state index contributed by atoms with van der Waals surface area (Å²) < 4.78 is 0. The summed E-state index contributed by atoms with van der Waals surface area (Å²) in [7, 11) is 0. The SMILES string of the molecule is Cc1ccc(C2(N)CCc3nc(N)sc3C2)cc1C. The summed E-state index contributed by atoms with van der Waals surface area (Å²) in [6.45, 7) is 4.27. The van der Waals surface area contributed by atoms with E-state index in [0.29, 0.717) is 5.13 Å². The molecule has 3 rings (SSSR count). The van der Waals surface area contributed by atoms with E-state index in [1.54, 1.807) is 11.3 Å². The Bertz CT molecular complexity index is 632. The van der Waals surface area contributed by atoms with E-state index in [-0.39, 0.29) is 5.54 Å². The Kier molecular flexibility index (Phi) is 2.87. The molecule has 0 amide bonds. The average molecular weight is 273 g/mol. The van der Waals surface area contributed by atoms with E-state index in [1.807, 2.05) is 0 Å². The van der Waals surface area contributed by atoms with Gasteiger partial charge >= 0.3 is 0 Å². The third-order valence-corrected chi connectivity index (χ3v) is 5.09. The van der Waals surface area contributed by atoms with Crippen molar-refractivity contribution < 1.29 is 0 Å². The summed E-state index contributed by atoms with van der Waals surface area (Å²) in [6.07, 6.45) is 2.71. The number of hydrogen-bond acceptors (Lipinski definition) is 4. The van der Waals surface area contributed by atoms with E-state index >= 15 is 0 Å². The second-order valence-corrected chi connectivity index (χ2v) is 6.67. The number of aryl methyl sites for hydroxylation is 3. The number of benzene rings is 1. The first-order valence-corrected chi connectivity index (χ1v) is 7.40. The molecule has 1 heterocycles. The minimum Gasteiger partial charge on any atom is -0.375 e. The summed E-state index contributed by atoms with van der Waals surface area (Å²) in [5.41, 5.74) is 17.2. The number of rotatable bonds is 1. The zero-order valence-electron chi connectivity index (χ0n) is 11.4. The Balaban J connectivity index is 1.98. The van der Waals surface area contributed by atoms with Crippen LogP contribution in [0.2, 0.25) is 0 Å². The van der Waals surface area contributed by atoms with Gasteiger partial charge in [-0.1, -0.05) is 18.2 Å². The van der Waals surface area contributed by atoms with E-state index in [0.717, 1.165) is 25.0 Å². The van der Waals surface area contributed by atoms with Crippen LogP contribution in [0.25, 0.3) is 0 Å². The van der Waals surface area contributed by atoms with E-state index in [9.17, 15) is 0 Å². The van der Waals surface area contributed by atoms with Crippen LogP contribution in [-0.4, -0.2) is 4.98 Å². The monoisotopic (exact) mass is 273 g/mol. The maximum atomic E-state index is 6.66. The van der Waals surface area contributed by atoms with Gasteiger partial charge in [-0.2, -0.15) is 0 Å². The molecule has 0 aliphatic heterocycles. The Hall–Kier alpha value is -1.39. The van der Waals surface area contributed by atoms with E-state index in [2.05, 4.69) is 37.0 Å². The predicted molar refractivity (Wildman–Crippen MR) is 80.3 cm³/mol. The highest BCUT2D eigenvalue weighted by Gasteiger charge is 2.34. The number of hydrogen-bond donors (Lipinski definition) is 2. The van der Waals surface area contributed by atoms with Gasteiger partial charge in [0.15, 0.2) is 5.13 Å². The van der Waals surface area contributed by atoms with Crippen LogP contribution in [0.5, 0.6) is 0 Å². The predicted octanol–water partition coefficient (Wildman–Crippen LogP) is 2.69. The van der Waals surface area contributed by atoms with Gasteiger partial charge in [-0.15, -0.1) is 11.3 Å². The third-order valence-electron chi connectivity index (χ3n) is 4.16. The molecular weight excluding hydrogens is 254 g/mol. The Labute approximate surface area is 117 Å². The van der Waals surface area contributed by atoms with Gasteiger partial charge in [-0.25, -0.2) is 4.98 Å². The Morgan fingerprint density at radius 1 is 1.26 bits per heavy atom. The maximum Gasteiger partial charge on any atom is 0.180 e. The Morgan fingerprint density at radius 2 is 2.05 bits per heavy atom. The van der Waals surface area contributed by atoms with Gasteiger partial charge in [0, 0.05) is 16.8 Å². The highest BCUT2D eigenvalue weighted by atomic mass is 32.1. The lowest BCUT2D eigenvalue weighted by atomic mass is 9.78. The van der Waals surface area contributed by atoms with Crippen molar-refractivity contribution in [2.24, 2.45) is 5.73 Å². The summed E-state index contributed by atoms with van der Waals surface area (Å²) in [6, 6.07) is 6.55. The van der Waals surface area contributed by atoms with Crippen LogP contribution in [0.15, 0.2) is 18.2 Å². The average Bonchev–Trinajstić information content (AvgIpc) is 2.71. The number of thiazole rings is 1. The van der Waals surface area contributed by atoms with Crippen LogP contribution in [0.3, 0.4) is 0 Å². The highest BCUT2D eigenvalue weighted by Crippen LogP contribution is 2.38. The van der Waals surface area contributed by atoms with Gasteiger partial charge in [-0.3, -0.25) is 0 Å². The van der Waals surface area contributed by atoms with Crippen molar-refractivity contribution in [3.63, 3.8) is 0 Å². The third kappa shape index (κ3) is 2.15. The number of nitrogens with two attached hydrogens (primary N) is 2. The fourth-order valence-corrected chi connectivity index (χ4v) is 3.75. The van der Waals surface area contributed by atoms with Crippen molar-refractivity contribution in [3.05, 3.63) is 45.5 Å². The summed E-state index contributed by atoms with van der Waals surface area (Å²) in [5.74, 6) is 0. The van der Waals surface area contributed by atoms with E-state index in [4.69, 9.17) is 11.5 Å². The largest absolute Gasteiger partial charge is 0.375 e. The molecule has 4 heteroatoms. The van der Waals surface area contributed by atoms with Crippen LogP contribution in [0, 0.1) is 13.8 Å². The van der Waals surface area contributed by atoms with Crippen LogP contribution < -0.4 is 11.5 Å². The molecule has 1 aromatic carbocycles. The molecule has 1 atom stereocenters. The number of aromatic nitrogens is 1. The Morgan fingerprint density at radius 3 is 2.79 bits per heavy atom. The van der Waals surface area contributed by atoms with Crippen molar-refractivity contribution in [2.45, 2.75) is 38.6 Å². The van der Waals surface area contributed by atoms with Crippen LogP contribution >= 0.6 is 11.3 Å². The smallest absolute Gasteiger partial charge is 0.180 e. The van der Waals surface area contributed by atoms with E-state index in [1.165, 1.54) is 21.6 Å². The van der Waals surface area contributed by atoms with Gasteiger partial charge in [0.05, 0.1) is 5.69 Å². The molecule has 1 aromatic heterocycles. The zero-order chi connectivity index (χ0) is 13.6. The number of nitrogen functional groups attached to an aromatic ring is 1. The number of anilines is 1. The van der Waals surface area contributed by atoms with E-state index < -0.39 is 0 Å². The first kappa shape index (κ1) is 12.6. The topological polar surface area (TPSA) is 64.9 Å². The van der Waals surface area contributed by atoms with Gasteiger partial charge in [0.1, 0.15) is 0 Å². The first-order valence-electron chi connectivity index (χ1n) is 6.59. The molecule has 1 aliphatic carbocycles. The molecular formula is C15H19N3S. The van der Waals surface area contributed by atoms with Crippen molar-refractivity contribution in [2.75, 3.05) is 5.73 Å². The highest BCUT2D eigenvalue weighted by molar-refractivity contribution is 7.15. The quantitative estimate of drug-likeness (QED) is 0.839. The molecule has 0 saturated heterocycles. The molecule has 0 fully saturated rings. The fraction of sp³-hybridized carbons (Fsp3) is 0.400. The second-order valence-electron chi connectivity index (χ2n) is 5.55. The molecule has 3 nitrogen and oxygen atoms in total. The molecule has 4 N–H and O–H groups in total. The normalized spacial score (nSPS) is 22.3. The van der Waals surface area contributed by atoms with Crippen LogP contribution in [-0.2, 0) is 18.4 Å². The van der Waals surface area contributed by atoms with Crippen molar-refractivity contribution in [3.8, 4) is 0 Å². The number of fused-ring (bicyclic) bond motifs is 1. The van der Waals surface area contributed by atoms with Crippen LogP contribution in [0.1, 0.15) is 33.7 Å². The maximum absolute atomic E-state index is 6.66. The molecule has 0 saturated carbocycles. The lowest BCUT2D eigenvalue weighted by Gasteiger charge is -2.33. The number of nitrogens with zero attached hydrogens (tertiary/aromatic N) is 1. The van der Waals surface area contributed by atoms with Gasteiger partial charge < -0.3 is 11.5 Å². The molecule has 100 valence electrons. The second kappa shape index (κ2) is 4.32. The van der Waals surface area contributed by atoms with Crippen molar-refractivity contribution in [1.29, 1.82) is 0 Å². The molecule has 0 radical (unpaired) electrons. The zero-order valence-corrected chi connectivity index (χ0v) is 12.2. The molecule has 19 heavy (non-hydrogen) atoms. The first-order chi connectivity index (χ1) is 8.98. The summed E-state index contributed by atoms with van der Waals surface area (Å²) >= 11 is 1.58. The molecule has 2 aromatic rings. The fourth-order valence-electron chi connectivity index (χ4n) is 2.75. The molecule has 1 aliphatic rings. The standard InChI is InChI=1S/C15H19N3S/c1-9-3-4-11(7-10(9)2)15(17)6-5-12-13(8-15)19-14(16)18-12/h3-4,7H,5-6,8,17H2,1-2H3,(H2,16,18). The van der Waals surface area contributed by atoms with Gasteiger partial charge in [-0.05, 0) is 43.4 Å². The van der Waals surface area contributed by atoms with Crippen LogP contribution in [0.4, 0.5) is 5.13 Å². The van der Waals surface area contributed by atoms with Gasteiger partial charge in [0.2, 0.25) is 0 Å². The van der Waals surface area contributed by atoms with Crippen molar-refractivity contribution in [1.82, 2.24) is 4.98 Å². The lowest BCUT2D eigenvalue weighted by Crippen LogP contribution is -2.41. The van der Waals surface area contributed by atoms with Crippen molar-refractivity contribution >= 4 is 16.5 Å². The van der Waals surface area contributed by atoms with Gasteiger partial charge in [0.25, 0.3) is 0 Å². The summed E-state index contributed by atoms with van der Waals surface area (Å²) in [5, 5.41) is 0.661. The molecule has 1 unspecified atom stereocenters. The minimum atomic E-state index is -0.273. The molecule has 0 spiro atoms.